The van der Waals surface area contributed by atoms with Gasteiger partial charge in [0.1, 0.15) is 18.7 Å². The van der Waals surface area contributed by atoms with Gasteiger partial charge in [-0.1, -0.05) is 0 Å². The second kappa shape index (κ2) is 7.70. The fourth-order valence-corrected chi connectivity index (χ4v) is 4.00. The summed E-state index contributed by atoms with van der Waals surface area (Å²) >= 11 is 1.62. The van der Waals surface area contributed by atoms with Crippen molar-refractivity contribution in [3.63, 3.8) is 0 Å². The van der Waals surface area contributed by atoms with Crippen LogP contribution < -0.4 is 4.74 Å². The molecule has 3 aromatic rings. The zero-order valence-electron chi connectivity index (χ0n) is 14.4. The zero-order valence-corrected chi connectivity index (χ0v) is 15.2. The van der Waals surface area contributed by atoms with E-state index >= 15 is 0 Å². The highest BCUT2D eigenvalue weighted by Crippen LogP contribution is 2.30. The molecule has 1 N–H and O–H groups in total. The Hall–Kier alpha value is -3.01. The Morgan fingerprint density at radius 2 is 2.04 bits per heavy atom. The first-order valence-corrected chi connectivity index (χ1v) is 9.45. The number of ether oxygens (including phenoxy) is 1. The number of tetrazole rings is 1. The Kier molecular flexibility index (Phi) is 4.97. The molecule has 10 heteroatoms. The number of nitrogens with zero attached hydrogens (tertiary/aromatic N) is 6. The van der Waals surface area contributed by atoms with E-state index in [-0.39, 0.29) is 0 Å². The number of amides is 1. The monoisotopic (exact) mass is 386 g/mol. The molecule has 0 atom stereocenters. The largest absolute Gasteiger partial charge is 0.487 e. The Morgan fingerprint density at radius 1 is 1.26 bits per heavy atom. The van der Waals surface area contributed by atoms with Gasteiger partial charge in [-0.25, -0.2) is 14.5 Å². The van der Waals surface area contributed by atoms with Crippen molar-refractivity contribution >= 4 is 17.4 Å². The summed E-state index contributed by atoms with van der Waals surface area (Å²) < 4.78 is 7.39. The fraction of sp³-hybridized carbons (Fsp3) is 0.353. The fourth-order valence-electron chi connectivity index (χ4n) is 3.03. The van der Waals surface area contributed by atoms with E-state index in [1.54, 1.807) is 16.0 Å². The van der Waals surface area contributed by atoms with Crippen LogP contribution in [0.5, 0.6) is 5.75 Å². The standard InChI is InChI=1S/C17H18N6O3S/c24-17(25)22-7-5-12(6-8-22)16-19-13(10-27-16)9-26-15-3-1-14(2-4-15)23-11-18-20-21-23/h1-4,10-12H,5-9H2,(H,24,25). The number of likely N-dealkylation sites (tertiary alicyclic amines) is 1. The summed E-state index contributed by atoms with van der Waals surface area (Å²) in [6.07, 6.45) is 2.33. The van der Waals surface area contributed by atoms with Gasteiger partial charge in [-0.05, 0) is 47.5 Å². The topological polar surface area (TPSA) is 106 Å². The summed E-state index contributed by atoms with van der Waals surface area (Å²) in [7, 11) is 0. The van der Waals surface area contributed by atoms with Crippen LogP contribution in [0.2, 0.25) is 0 Å². The third-order valence-electron chi connectivity index (χ3n) is 4.52. The minimum absolute atomic E-state index is 0.329. The number of thiazole rings is 1. The summed E-state index contributed by atoms with van der Waals surface area (Å²) in [4.78, 5) is 17.1. The molecule has 1 aliphatic heterocycles. The lowest BCUT2D eigenvalue weighted by molar-refractivity contribution is 0.132. The van der Waals surface area contributed by atoms with Gasteiger partial charge in [-0.2, -0.15) is 0 Å². The minimum atomic E-state index is -0.840. The number of carbonyl (C=O) groups is 1. The van der Waals surface area contributed by atoms with Crippen LogP contribution >= 0.6 is 11.3 Å². The van der Waals surface area contributed by atoms with Crippen LogP contribution in [-0.4, -0.2) is 54.4 Å². The molecule has 140 valence electrons. The van der Waals surface area contributed by atoms with Crippen LogP contribution in [0.15, 0.2) is 36.0 Å². The molecule has 1 saturated heterocycles. The molecule has 0 spiro atoms. The number of piperidine rings is 1. The Bertz CT molecular complexity index is 888. The third kappa shape index (κ3) is 4.05. The van der Waals surface area contributed by atoms with Crippen LogP contribution in [-0.2, 0) is 6.61 Å². The first-order chi connectivity index (χ1) is 13.2. The van der Waals surface area contributed by atoms with Crippen molar-refractivity contribution in [1.82, 2.24) is 30.1 Å². The Balaban J connectivity index is 1.31. The highest BCUT2D eigenvalue weighted by molar-refractivity contribution is 7.09. The van der Waals surface area contributed by atoms with Crippen molar-refractivity contribution in [3.8, 4) is 11.4 Å². The van der Waals surface area contributed by atoms with Gasteiger partial charge < -0.3 is 14.7 Å². The predicted octanol–water partition coefficient (Wildman–Crippen LogP) is 2.56. The van der Waals surface area contributed by atoms with Gasteiger partial charge in [0.25, 0.3) is 0 Å². The number of rotatable bonds is 5. The van der Waals surface area contributed by atoms with Crippen LogP contribution in [0, 0.1) is 0 Å². The van der Waals surface area contributed by atoms with Gasteiger partial charge in [-0.15, -0.1) is 16.4 Å². The molecule has 4 rings (SSSR count). The number of carboxylic acid groups (broad SMARTS) is 1. The van der Waals surface area contributed by atoms with E-state index in [9.17, 15) is 4.79 Å². The van der Waals surface area contributed by atoms with Crippen LogP contribution in [0.25, 0.3) is 5.69 Å². The van der Waals surface area contributed by atoms with Crippen molar-refractivity contribution in [1.29, 1.82) is 0 Å². The van der Waals surface area contributed by atoms with E-state index in [4.69, 9.17) is 9.84 Å². The second-order valence-electron chi connectivity index (χ2n) is 6.26. The molecule has 9 nitrogen and oxygen atoms in total. The molecule has 0 bridgehead atoms. The molecule has 27 heavy (non-hydrogen) atoms. The first-order valence-electron chi connectivity index (χ1n) is 8.57. The van der Waals surface area contributed by atoms with Crippen LogP contribution in [0.1, 0.15) is 29.5 Å². The molecule has 1 aromatic carbocycles. The maximum absolute atomic E-state index is 11.0. The minimum Gasteiger partial charge on any atom is -0.487 e. The molecule has 2 aromatic heterocycles. The van der Waals surface area contributed by atoms with Gasteiger partial charge in [0, 0.05) is 24.4 Å². The molecule has 1 amide bonds. The normalized spacial score (nSPS) is 15.0. The Morgan fingerprint density at radius 3 is 2.70 bits per heavy atom. The number of aromatic nitrogens is 5. The molecular formula is C17H18N6O3S. The van der Waals surface area contributed by atoms with E-state index in [1.165, 1.54) is 11.2 Å². The molecule has 0 unspecified atom stereocenters. The highest BCUT2D eigenvalue weighted by Gasteiger charge is 2.25. The predicted molar refractivity (Wildman–Crippen MR) is 97.2 cm³/mol. The number of hydrogen-bond acceptors (Lipinski definition) is 7. The lowest BCUT2D eigenvalue weighted by Crippen LogP contribution is -2.36. The van der Waals surface area contributed by atoms with Crippen LogP contribution in [0.3, 0.4) is 0 Å². The molecule has 0 aliphatic carbocycles. The second-order valence-corrected chi connectivity index (χ2v) is 7.15. The average Bonchev–Trinajstić information content (AvgIpc) is 3.39. The highest BCUT2D eigenvalue weighted by atomic mass is 32.1. The lowest BCUT2D eigenvalue weighted by atomic mass is 9.98. The van der Waals surface area contributed by atoms with Gasteiger partial charge in [-0.3, -0.25) is 0 Å². The molecule has 1 aliphatic rings. The van der Waals surface area contributed by atoms with Crippen molar-refractivity contribution in [3.05, 3.63) is 46.7 Å². The van der Waals surface area contributed by atoms with E-state index in [0.717, 1.165) is 35.0 Å². The van der Waals surface area contributed by atoms with E-state index < -0.39 is 6.09 Å². The summed E-state index contributed by atoms with van der Waals surface area (Å²) in [5.41, 5.74) is 1.75. The quantitative estimate of drug-likeness (QED) is 0.718. The van der Waals surface area contributed by atoms with Gasteiger partial charge in [0.05, 0.1) is 16.4 Å². The smallest absolute Gasteiger partial charge is 0.407 e. The van der Waals surface area contributed by atoms with Gasteiger partial charge >= 0.3 is 6.09 Å². The first kappa shape index (κ1) is 17.4. The number of benzene rings is 1. The summed E-state index contributed by atoms with van der Waals surface area (Å²) in [5, 5.41) is 23.2. The van der Waals surface area contributed by atoms with E-state index in [2.05, 4.69) is 20.5 Å². The maximum Gasteiger partial charge on any atom is 0.407 e. The Labute approximate surface area is 159 Å². The van der Waals surface area contributed by atoms with Crippen molar-refractivity contribution < 1.29 is 14.6 Å². The third-order valence-corrected chi connectivity index (χ3v) is 5.58. The van der Waals surface area contributed by atoms with E-state index in [1.807, 2.05) is 29.6 Å². The molecular weight excluding hydrogens is 368 g/mol. The van der Waals surface area contributed by atoms with E-state index in [0.29, 0.717) is 25.6 Å². The summed E-state index contributed by atoms with van der Waals surface area (Å²) in [6.45, 7) is 1.53. The van der Waals surface area contributed by atoms with Gasteiger partial charge in [0.2, 0.25) is 0 Å². The molecule has 3 heterocycles. The van der Waals surface area contributed by atoms with Crippen molar-refractivity contribution in [2.24, 2.45) is 0 Å². The SMILES string of the molecule is O=C(O)N1CCC(c2nc(COc3ccc(-n4cnnn4)cc3)cs2)CC1. The van der Waals surface area contributed by atoms with Crippen molar-refractivity contribution in [2.45, 2.75) is 25.4 Å². The maximum atomic E-state index is 11.0. The summed E-state index contributed by atoms with van der Waals surface area (Å²) in [6, 6.07) is 7.50. The zero-order chi connectivity index (χ0) is 18.6. The molecule has 0 radical (unpaired) electrons. The van der Waals surface area contributed by atoms with Crippen LogP contribution in [0.4, 0.5) is 4.79 Å². The van der Waals surface area contributed by atoms with Crippen molar-refractivity contribution in [2.75, 3.05) is 13.1 Å². The summed E-state index contributed by atoms with van der Waals surface area (Å²) in [5.74, 6) is 1.08. The molecule has 1 fully saturated rings. The lowest BCUT2D eigenvalue weighted by Gasteiger charge is -2.28. The average molecular weight is 386 g/mol. The molecule has 0 saturated carbocycles. The van der Waals surface area contributed by atoms with Gasteiger partial charge in [0.15, 0.2) is 0 Å². The number of hydrogen-bond donors (Lipinski definition) is 1.